The quantitative estimate of drug-likeness (QED) is 0.0840. The summed E-state index contributed by atoms with van der Waals surface area (Å²) in [5, 5.41) is 0. The second-order valence-electron chi connectivity index (χ2n) is 10.7. The first-order chi connectivity index (χ1) is 19.1. The summed E-state index contributed by atoms with van der Waals surface area (Å²) >= 11 is 0. The van der Waals surface area contributed by atoms with E-state index in [0.717, 1.165) is 36.8 Å². The molecule has 0 heterocycles. The third-order valence-corrected chi connectivity index (χ3v) is 8.67. The number of unbranched alkanes of at least 4 members (excludes halogenated alkanes) is 14. The van der Waals surface area contributed by atoms with Crippen molar-refractivity contribution in [2.24, 2.45) is 0 Å². The number of aryl methyl sites for hydroxylation is 2. The molecule has 0 spiro atoms. The first kappa shape index (κ1) is 40.0. The van der Waals surface area contributed by atoms with Crippen LogP contribution >= 0.6 is 0 Å². The Hall–Kier alpha value is -0.974. The summed E-state index contributed by atoms with van der Waals surface area (Å²) in [7, 11) is -8.65. The maximum Gasteiger partial charge on any atom is 2.00 e. The van der Waals surface area contributed by atoms with Crippen LogP contribution in [0.15, 0.2) is 58.3 Å². The molecule has 0 radical (unpaired) electrons. The van der Waals surface area contributed by atoms with Crippen LogP contribution in [0, 0.1) is 0 Å². The van der Waals surface area contributed by atoms with E-state index in [-0.39, 0.29) is 32.8 Å². The fourth-order valence-corrected chi connectivity index (χ4v) is 5.72. The molecule has 0 unspecified atom stereocenters. The van der Waals surface area contributed by atoms with Gasteiger partial charge in [0.25, 0.3) is 0 Å². The largest absolute Gasteiger partial charge is 2.00 e. The Balaban J connectivity index is 0.000000762. The topological polar surface area (TPSA) is 114 Å². The van der Waals surface area contributed by atoms with Crippen LogP contribution in [0.25, 0.3) is 0 Å². The molecular formula is C32H50MgO6S2. The predicted octanol–water partition coefficient (Wildman–Crippen LogP) is 8.17. The van der Waals surface area contributed by atoms with Gasteiger partial charge in [-0.1, -0.05) is 128 Å². The Morgan fingerprint density at radius 2 is 0.780 bits per heavy atom. The minimum atomic E-state index is -4.32. The second-order valence-corrected chi connectivity index (χ2v) is 13.4. The number of benzene rings is 2. The number of hydrogen-bond acceptors (Lipinski definition) is 6. The number of hydrogen-bond donors (Lipinski definition) is 0. The van der Waals surface area contributed by atoms with Crippen LogP contribution in [0.1, 0.15) is 128 Å². The van der Waals surface area contributed by atoms with Crippen molar-refractivity contribution in [1.82, 2.24) is 0 Å². The van der Waals surface area contributed by atoms with Crippen molar-refractivity contribution in [2.45, 2.75) is 139 Å². The zero-order valence-corrected chi connectivity index (χ0v) is 28.4. The summed E-state index contributed by atoms with van der Waals surface area (Å²) in [6, 6.07) is 12.8. The Kier molecular flexibility index (Phi) is 22.9. The molecule has 228 valence electrons. The molecule has 0 aliphatic rings. The third-order valence-electron chi connectivity index (χ3n) is 7.01. The van der Waals surface area contributed by atoms with Crippen molar-refractivity contribution in [3.8, 4) is 0 Å². The van der Waals surface area contributed by atoms with Gasteiger partial charge in [0.1, 0.15) is 20.2 Å². The molecule has 9 heteroatoms. The summed E-state index contributed by atoms with van der Waals surface area (Å²) in [4.78, 5) is -0.232. The summed E-state index contributed by atoms with van der Waals surface area (Å²) < 4.78 is 65.6. The summed E-state index contributed by atoms with van der Waals surface area (Å²) in [5.41, 5.74) is 1.88. The predicted molar refractivity (Wildman–Crippen MR) is 167 cm³/mol. The van der Waals surface area contributed by atoms with Gasteiger partial charge in [0.2, 0.25) is 0 Å². The summed E-state index contributed by atoms with van der Waals surface area (Å²) in [6.45, 7) is 4.44. The van der Waals surface area contributed by atoms with Crippen LogP contribution in [-0.2, 0) is 33.1 Å². The fraction of sp³-hybridized carbons (Fsp3) is 0.625. The van der Waals surface area contributed by atoms with Gasteiger partial charge in [-0.2, -0.15) is 0 Å². The van der Waals surface area contributed by atoms with E-state index in [0.29, 0.717) is 0 Å². The van der Waals surface area contributed by atoms with E-state index in [9.17, 15) is 25.9 Å². The zero-order chi connectivity index (χ0) is 29.7. The molecule has 0 aromatic heterocycles. The van der Waals surface area contributed by atoms with Gasteiger partial charge < -0.3 is 9.11 Å². The van der Waals surface area contributed by atoms with Crippen LogP contribution in [0.3, 0.4) is 0 Å². The third kappa shape index (κ3) is 20.5. The van der Waals surface area contributed by atoms with Crippen LogP contribution in [0.4, 0.5) is 0 Å². The molecule has 0 atom stereocenters. The molecule has 6 nitrogen and oxygen atoms in total. The van der Waals surface area contributed by atoms with Gasteiger partial charge in [-0.25, -0.2) is 16.8 Å². The number of rotatable bonds is 20. The normalized spacial score (nSPS) is 11.4. The minimum Gasteiger partial charge on any atom is -0.744 e. The molecule has 0 amide bonds. The molecule has 0 fully saturated rings. The second kappa shape index (κ2) is 23.5. The molecule has 2 rings (SSSR count). The van der Waals surface area contributed by atoms with Gasteiger partial charge in [-0.05, 0) is 61.1 Å². The zero-order valence-electron chi connectivity index (χ0n) is 25.3. The fourth-order valence-electron chi connectivity index (χ4n) is 4.64. The molecule has 0 aliphatic carbocycles. The minimum absolute atomic E-state index is 0. The molecule has 0 N–H and O–H groups in total. The SMILES string of the molecule is CCCCCCCCCCc1cccc(S(=O)(=O)[O-])c1.CCCCCCCCCCc1cccc(S(=O)(=O)[O-])c1.[Mg+2]. The van der Waals surface area contributed by atoms with Crippen molar-refractivity contribution in [3.05, 3.63) is 59.7 Å². The molecule has 2 aromatic rings. The van der Waals surface area contributed by atoms with Crippen LogP contribution in [0.5, 0.6) is 0 Å². The summed E-state index contributed by atoms with van der Waals surface area (Å²) in [6.07, 6.45) is 21.7. The Labute approximate surface area is 266 Å². The van der Waals surface area contributed by atoms with Crippen LogP contribution in [-0.4, -0.2) is 49.0 Å². The van der Waals surface area contributed by atoms with E-state index in [1.807, 2.05) is 12.1 Å². The summed E-state index contributed by atoms with van der Waals surface area (Å²) in [5.74, 6) is 0. The van der Waals surface area contributed by atoms with E-state index in [4.69, 9.17) is 0 Å². The first-order valence-corrected chi connectivity index (χ1v) is 18.0. The maximum atomic E-state index is 10.9. The van der Waals surface area contributed by atoms with Crippen molar-refractivity contribution in [3.63, 3.8) is 0 Å². The first-order valence-electron chi connectivity index (χ1n) is 15.2. The van der Waals surface area contributed by atoms with Gasteiger partial charge in [0.05, 0.1) is 9.79 Å². The van der Waals surface area contributed by atoms with Crippen LogP contribution < -0.4 is 0 Å². The maximum absolute atomic E-state index is 10.9. The van der Waals surface area contributed by atoms with E-state index in [1.54, 1.807) is 12.1 Å². The Morgan fingerprint density at radius 3 is 1.07 bits per heavy atom. The molecule has 41 heavy (non-hydrogen) atoms. The average Bonchev–Trinajstić information content (AvgIpc) is 2.91. The Bertz CT molecular complexity index is 1060. The van der Waals surface area contributed by atoms with Crippen molar-refractivity contribution >= 4 is 43.3 Å². The monoisotopic (exact) mass is 618 g/mol. The van der Waals surface area contributed by atoms with E-state index < -0.39 is 20.2 Å². The smallest absolute Gasteiger partial charge is 0.744 e. The van der Waals surface area contributed by atoms with Crippen molar-refractivity contribution in [1.29, 1.82) is 0 Å². The van der Waals surface area contributed by atoms with E-state index in [2.05, 4.69) is 13.8 Å². The van der Waals surface area contributed by atoms with E-state index >= 15 is 0 Å². The average molecular weight is 619 g/mol. The molecule has 0 aliphatic heterocycles. The molecule has 2 aromatic carbocycles. The van der Waals surface area contributed by atoms with Gasteiger partial charge in [-0.15, -0.1) is 0 Å². The van der Waals surface area contributed by atoms with Gasteiger partial charge >= 0.3 is 23.1 Å². The molecule has 0 saturated heterocycles. The Morgan fingerprint density at radius 1 is 0.488 bits per heavy atom. The molecule has 0 saturated carbocycles. The molecule has 0 bridgehead atoms. The van der Waals surface area contributed by atoms with Crippen molar-refractivity contribution in [2.75, 3.05) is 0 Å². The van der Waals surface area contributed by atoms with E-state index in [1.165, 1.54) is 114 Å². The van der Waals surface area contributed by atoms with Crippen LogP contribution in [0.2, 0.25) is 0 Å². The van der Waals surface area contributed by atoms with Gasteiger partial charge in [0.15, 0.2) is 0 Å². The van der Waals surface area contributed by atoms with Crippen molar-refractivity contribution < 1.29 is 25.9 Å². The standard InChI is InChI=1S/2C16H26O3S.Mg/c2*1-2-3-4-5-6-7-8-9-11-15-12-10-13-16(14-15)20(17,18)19;/h2*10,12-14H,2-9,11H2,1H3,(H,17,18,19);/q;;+2/p-2. The molecular weight excluding hydrogens is 569 g/mol. The van der Waals surface area contributed by atoms with Gasteiger partial charge in [-0.3, -0.25) is 0 Å². The van der Waals surface area contributed by atoms with Gasteiger partial charge in [0, 0.05) is 0 Å².